The number of benzene rings is 3. The van der Waals surface area contributed by atoms with E-state index in [9.17, 15) is 10.1 Å². The predicted molar refractivity (Wildman–Crippen MR) is 136 cm³/mol. The van der Waals surface area contributed by atoms with Gasteiger partial charge in [-0.15, -0.1) is 0 Å². The van der Waals surface area contributed by atoms with Crippen LogP contribution in [0.25, 0.3) is 0 Å². The number of methoxy groups -OCH3 is 1. The van der Waals surface area contributed by atoms with Gasteiger partial charge in [0.1, 0.15) is 6.61 Å². The van der Waals surface area contributed by atoms with Crippen molar-refractivity contribution < 1.29 is 14.4 Å². The molecule has 2 aliphatic rings. The molecule has 3 aromatic rings. The maximum atomic E-state index is 11.3. The first-order chi connectivity index (χ1) is 16.4. The van der Waals surface area contributed by atoms with Crippen LogP contribution in [-0.2, 0) is 6.61 Å². The number of fused-ring (bicyclic) bond motifs is 3. The van der Waals surface area contributed by atoms with Gasteiger partial charge in [-0.3, -0.25) is 10.1 Å². The van der Waals surface area contributed by atoms with Gasteiger partial charge in [-0.05, 0) is 70.1 Å². The van der Waals surface area contributed by atoms with E-state index in [0.717, 1.165) is 33.3 Å². The molecule has 5 rings (SSSR count). The highest BCUT2D eigenvalue weighted by atomic mass is 79.9. The van der Waals surface area contributed by atoms with Gasteiger partial charge in [-0.25, -0.2) is 0 Å². The van der Waals surface area contributed by atoms with E-state index in [2.05, 4.69) is 70.7 Å². The Morgan fingerprint density at radius 3 is 2.68 bits per heavy atom. The zero-order chi connectivity index (χ0) is 23.8. The Bertz CT molecular complexity index is 1270. The van der Waals surface area contributed by atoms with E-state index < -0.39 is 0 Å². The first-order valence-electron chi connectivity index (χ1n) is 11.2. The van der Waals surface area contributed by atoms with Crippen molar-refractivity contribution >= 4 is 27.3 Å². The average molecular weight is 521 g/mol. The third-order valence-corrected chi connectivity index (χ3v) is 7.26. The van der Waals surface area contributed by atoms with E-state index in [0.29, 0.717) is 18.1 Å². The molecule has 0 bridgehead atoms. The highest BCUT2D eigenvalue weighted by Crippen LogP contribution is 2.52. The lowest BCUT2D eigenvalue weighted by Gasteiger charge is -2.37. The monoisotopic (exact) mass is 520 g/mol. The molecular formula is C27H25BrN2O4. The molecule has 1 heterocycles. The Hall–Kier alpha value is -3.32. The lowest BCUT2D eigenvalue weighted by Crippen LogP contribution is -2.29. The Balaban J connectivity index is 1.45. The van der Waals surface area contributed by atoms with Crippen molar-refractivity contribution in [2.75, 3.05) is 12.4 Å². The van der Waals surface area contributed by atoms with Gasteiger partial charge in [-0.1, -0.05) is 42.0 Å². The summed E-state index contributed by atoms with van der Waals surface area (Å²) in [5, 5.41) is 14.9. The van der Waals surface area contributed by atoms with E-state index in [1.807, 2.05) is 12.1 Å². The number of non-ortho nitro benzene ring substituents is 1. The highest BCUT2D eigenvalue weighted by Gasteiger charge is 2.39. The van der Waals surface area contributed by atoms with Gasteiger partial charge in [-0.2, -0.15) is 0 Å². The average Bonchev–Trinajstić information content (AvgIpc) is 3.33. The van der Waals surface area contributed by atoms with Crippen LogP contribution in [0.5, 0.6) is 11.5 Å². The third-order valence-electron chi connectivity index (χ3n) is 6.67. The molecule has 1 N–H and O–H groups in total. The van der Waals surface area contributed by atoms with Crippen molar-refractivity contribution in [2.45, 2.75) is 31.9 Å². The summed E-state index contributed by atoms with van der Waals surface area (Å²) < 4.78 is 12.7. The molecule has 7 heteroatoms. The Kier molecular flexibility index (Phi) is 6.04. The summed E-state index contributed by atoms with van der Waals surface area (Å²) in [4.78, 5) is 11.0. The molecule has 1 aliphatic carbocycles. The van der Waals surface area contributed by atoms with Crippen LogP contribution in [0.3, 0.4) is 0 Å². The maximum Gasteiger partial charge on any atom is 0.269 e. The molecule has 0 aromatic heterocycles. The molecule has 0 fully saturated rings. The number of halogens is 1. The molecular weight excluding hydrogens is 496 g/mol. The number of rotatable bonds is 6. The van der Waals surface area contributed by atoms with Crippen molar-refractivity contribution in [1.29, 1.82) is 0 Å². The number of ether oxygens (including phenoxy) is 2. The van der Waals surface area contributed by atoms with Crippen LogP contribution in [-0.4, -0.2) is 12.0 Å². The van der Waals surface area contributed by atoms with Crippen molar-refractivity contribution in [3.8, 4) is 11.5 Å². The molecule has 0 saturated carbocycles. The largest absolute Gasteiger partial charge is 0.493 e. The lowest BCUT2D eigenvalue weighted by molar-refractivity contribution is -0.384. The van der Waals surface area contributed by atoms with Gasteiger partial charge in [0.15, 0.2) is 11.5 Å². The maximum absolute atomic E-state index is 11.3. The van der Waals surface area contributed by atoms with E-state index in [4.69, 9.17) is 9.47 Å². The number of nitrogens with one attached hydrogen (secondary N) is 1. The number of aryl methyl sites for hydroxylation is 1. The smallest absolute Gasteiger partial charge is 0.269 e. The fourth-order valence-corrected chi connectivity index (χ4v) is 5.50. The zero-order valence-electron chi connectivity index (χ0n) is 19.0. The normalized spacial score (nSPS) is 20.3. The first-order valence-corrected chi connectivity index (χ1v) is 12.0. The number of hydrogen-bond acceptors (Lipinski definition) is 5. The Labute approximate surface area is 206 Å². The summed E-state index contributed by atoms with van der Waals surface area (Å²) in [5.74, 6) is 1.71. The van der Waals surface area contributed by atoms with Crippen molar-refractivity contribution in [1.82, 2.24) is 0 Å². The van der Waals surface area contributed by atoms with Crippen LogP contribution in [0, 0.1) is 23.0 Å². The number of nitro benzene ring substituents is 1. The fraction of sp³-hybridized carbons (Fsp3) is 0.259. The predicted octanol–water partition coefficient (Wildman–Crippen LogP) is 7.08. The van der Waals surface area contributed by atoms with Crippen LogP contribution in [0.2, 0.25) is 0 Å². The minimum Gasteiger partial charge on any atom is -0.493 e. The Morgan fingerprint density at radius 1 is 1.15 bits per heavy atom. The molecule has 3 aromatic carbocycles. The number of anilines is 1. The van der Waals surface area contributed by atoms with Crippen LogP contribution in [0.15, 0.2) is 71.2 Å². The van der Waals surface area contributed by atoms with Crippen LogP contribution < -0.4 is 14.8 Å². The summed E-state index contributed by atoms with van der Waals surface area (Å²) in [7, 11) is 1.65. The fourth-order valence-electron chi connectivity index (χ4n) is 4.92. The van der Waals surface area contributed by atoms with Crippen molar-refractivity contribution in [3.63, 3.8) is 0 Å². The van der Waals surface area contributed by atoms with E-state index in [-0.39, 0.29) is 28.5 Å². The van der Waals surface area contributed by atoms with Gasteiger partial charge < -0.3 is 14.8 Å². The number of allylic oxidation sites excluding steroid dienone is 2. The summed E-state index contributed by atoms with van der Waals surface area (Å²) in [6, 6.07) is 17.5. The number of hydrogen-bond donors (Lipinski definition) is 1. The SMILES string of the molecule is COc1cc([C@@H]2Nc3ccc([N+](=O)[O-])cc3[C@@H]3C=CC[C@@H]32)cc(Br)c1OCc1ccc(C)cc1. The van der Waals surface area contributed by atoms with Crippen LogP contribution in [0.4, 0.5) is 11.4 Å². The second kappa shape index (κ2) is 9.14. The van der Waals surface area contributed by atoms with Gasteiger partial charge in [0.25, 0.3) is 5.69 Å². The molecule has 34 heavy (non-hydrogen) atoms. The second-order valence-corrected chi connectivity index (χ2v) is 9.67. The topological polar surface area (TPSA) is 73.6 Å². The summed E-state index contributed by atoms with van der Waals surface area (Å²) >= 11 is 3.70. The molecule has 3 atom stereocenters. The molecule has 0 spiro atoms. The summed E-state index contributed by atoms with van der Waals surface area (Å²) in [6.45, 7) is 2.50. The lowest BCUT2D eigenvalue weighted by atomic mass is 9.77. The van der Waals surface area contributed by atoms with Gasteiger partial charge in [0, 0.05) is 23.7 Å². The van der Waals surface area contributed by atoms with Gasteiger partial charge in [0.2, 0.25) is 0 Å². The summed E-state index contributed by atoms with van der Waals surface area (Å²) in [6.07, 6.45) is 5.24. The molecule has 0 unspecified atom stereocenters. The standard InChI is InChI=1S/C27H25BrN2O4/c1-16-6-8-17(9-7-16)15-34-27-23(28)12-18(13-25(27)33-2)26-21-5-3-4-20(21)22-14-19(30(31)32)10-11-24(22)29-26/h3-4,6-14,20-21,26,29H,5,15H2,1-2H3/t20-,21+,26+/m1/s1. The van der Waals surface area contributed by atoms with E-state index in [1.165, 1.54) is 5.56 Å². The number of nitrogens with zero attached hydrogens (tertiary/aromatic N) is 1. The quantitative estimate of drug-likeness (QED) is 0.213. The van der Waals surface area contributed by atoms with Crippen molar-refractivity contribution in [3.05, 3.63) is 104 Å². The Morgan fingerprint density at radius 2 is 1.94 bits per heavy atom. The molecule has 0 radical (unpaired) electrons. The molecule has 0 saturated heterocycles. The minimum atomic E-state index is -0.336. The highest BCUT2D eigenvalue weighted by molar-refractivity contribution is 9.10. The first kappa shape index (κ1) is 22.5. The molecule has 174 valence electrons. The van der Waals surface area contributed by atoms with E-state index in [1.54, 1.807) is 19.2 Å². The van der Waals surface area contributed by atoms with E-state index >= 15 is 0 Å². The minimum absolute atomic E-state index is 0.0327. The van der Waals surface area contributed by atoms with Gasteiger partial charge in [0.05, 0.1) is 22.5 Å². The molecule has 0 amide bonds. The molecule has 1 aliphatic heterocycles. The third kappa shape index (κ3) is 4.16. The van der Waals surface area contributed by atoms with Gasteiger partial charge >= 0.3 is 0 Å². The number of nitro groups is 1. The zero-order valence-corrected chi connectivity index (χ0v) is 20.5. The summed E-state index contributed by atoms with van der Waals surface area (Å²) in [5.41, 5.74) is 5.41. The molecule has 6 nitrogen and oxygen atoms in total. The van der Waals surface area contributed by atoms with Crippen LogP contribution in [0.1, 0.15) is 40.6 Å². The second-order valence-electron chi connectivity index (χ2n) is 8.81. The van der Waals surface area contributed by atoms with Crippen molar-refractivity contribution in [2.24, 2.45) is 5.92 Å². The van der Waals surface area contributed by atoms with Crippen LogP contribution >= 0.6 is 15.9 Å².